The molecule has 0 aromatic carbocycles. The van der Waals surface area contributed by atoms with Crippen molar-refractivity contribution < 1.29 is 0 Å². The van der Waals surface area contributed by atoms with Crippen molar-refractivity contribution in [3.8, 4) is 0 Å². The van der Waals surface area contributed by atoms with Crippen molar-refractivity contribution in [3.63, 3.8) is 0 Å². The molecule has 1 saturated heterocycles. The molecule has 0 bridgehead atoms. The Labute approximate surface area is 106 Å². The highest BCUT2D eigenvalue weighted by Crippen LogP contribution is 2.26. The minimum atomic E-state index is 0.534. The quantitative estimate of drug-likeness (QED) is 0.779. The molecule has 0 spiro atoms. The molecule has 88 valence electrons. The van der Waals surface area contributed by atoms with Gasteiger partial charge in [-0.05, 0) is 26.0 Å². The van der Waals surface area contributed by atoms with E-state index in [1.807, 2.05) is 24.8 Å². The smallest absolute Gasteiger partial charge is 0.134 e. The van der Waals surface area contributed by atoms with Crippen molar-refractivity contribution in [2.24, 2.45) is 0 Å². The molecule has 1 aliphatic rings. The lowest BCUT2D eigenvalue weighted by Gasteiger charge is -2.28. The summed E-state index contributed by atoms with van der Waals surface area (Å²) in [6.07, 6.45) is 1.24. The fourth-order valence-electron chi connectivity index (χ4n) is 2.04. The highest BCUT2D eigenvalue weighted by atomic mass is 35.5. The van der Waals surface area contributed by atoms with Crippen LogP contribution in [-0.2, 0) is 0 Å². The van der Waals surface area contributed by atoms with Gasteiger partial charge < -0.3 is 4.90 Å². The highest BCUT2D eigenvalue weighted by Gasteiger charge is 2.23. The average Bonchev–Trinajstić information content (AvgIpc) is 2.70. The van der Waals surface area contributed by atoms with Gasteiger partial charge in [-0.1, -0.05) is 11.6 Å². The first-order chi connectivity index (χ1) is 7.70. The number of hydrogen-bond acceptors (Lipinski definition) is 4. The Kier molecular flexibility index (Phi) is 3.92. The van der Waals surface area contributed by atoms with E-state index in [9.17, 15) is 0 Å². The molecule has 0 radical (unpaired) electrons. The summed E-state index contributed by atoms with van der Waals surface area (Å²) in [5.41, 5.74) is 0. The van der Waals surface area contributed by atoms with Crippen molar-refractivity contribution >= 4 is 29.2 Å². The fourth-order valence-corrected chi connectivity index (χ4v) is 3.48. The first kappa shape index (κ1) is 12.0. The molecule has 1 fully saturated rings. The Morgan fingerprint density at radius 3 is 2.94 bits per heavy atom. The molecule has 16 heavy (non-hydrogen) atoms. The third-order valence-corrected chi connectivity index (χ3v) is 4.11. The molecular formula is C11H16ClN3S. The van der Waals surface area contributed by atoms with Gasteiger partial charge >= 0.3 is 0 Å². The van der Waals surface area contributed by atoms with Gasteiger partial charge in [-0.25, -0.2) is 9.97 Å². The van der Waals surface area contributed by atoms with E-state index in [1.54, 1.807) is 0 Å². The third kappa shape index (κ3) is 2.61. The van der Waals surface area contributed by atoms with E-state index in [4.69, 9.17) is 11.6 Å². The van der Waals surface area contributed by atoms with Crippen molar-refractivity contribution in [2.75, 3.05) is 23.0 Å². The number of nitrogens with zero attached hydrogens (tertiary/aromatic N) is 3. The summed E-state index contributed by atoms with van der Waals surface area (Å²) in [5.74, 6) is 4.15. The molecule has 2 rings (SSSR count). The molecule has 2 heterocycles. The molecule has 1 aliphatic heterocycles. The first-order valence-electron chi connectivity index (χ1n) is 5.56. The van der Waals surface area contributed by atoms with Crippen LogP contribution in [0.2, 0.25) is 5.15 Å². The van der Waals surface area contributed by atoms with E-state index in [0.717, 1.165) is 18.2 Å². The van der Waals surface area contributed by atoms with Crippen LogP contribution in [0.3, 0.4) is 0 Å². The van der Waals surface area contributed by atoms with Crippen molar-refractivity contribution in [2.45, 2.75) is 26.3 Å². The van der Waals surface area contributed by atoms with Gasteiger partial charge in [0, 0.05) is 24.4 Å². The van der Waals surface area contributed by atoms with E-state index < -0.39 is 0 Å². The number of hydrogen-bond donors (Lipinski definition) is 0. The largest absolute Gasteiger partial charge is 0.353 e. The zero-order valence-electron chi connectivity index (χ0n) is 9.61. The van der Waals surface area contributed by atoms with E-state index in [2.05, 4.69) is 21.8 Å². The van der Waals surface area contributed by atoms with Gasteiger partial charge in [0.15, 0.2) is 0 Å². The maximum Gasteiger partial charge on any atom is 0.134 e. The lowest BCUT2D eigenvalue weighted by Crippen LogP contribution is -2.35. The summed E-state index contributed by atoms with van der Waals surface area (Å²) in [7, 11) is 0. The Balaban J connectivity index is 2.24. The lowest BCUT2D eigenvalue weighted by atomic mass is 10.2. The van der Waals surface area contributed by atoms with Gasteiger partial charge in [-0.3, -0.25) is 0 Å². The predicted molar refractivity (Wildman–Crippen MR) is 70.5 cm³/mol. The minimum Gasteiger partial charge on any atom is -0.353 e. The van der Waals surface area contributed by atoms with Gasteiger partial charge in [0.25, 0.3) is 0 Å². The summed E-state index contributed by atoms with van der Waals surface area (Å²) >= 11 is 7.99. The number of halogens is 1. The van der Waals surface area contributed by atoms with Gasteiger partial charge in [0.1, 0.15) is 16.8 Å². The molecule has 1 aromatic heterocycles. The van der Waals surface area contributed by atoms with Crippen molar-refractivity contribution in [1.29, 1.82) is 0 Å². The van der Waals surface area contributed by atoms with E-state index in [0.29, 0.717) is 11.2 Å². The Hall–Kier alpha value is -0.480. The summed E-state index contributed by atoms with van der Waals surface area (Å²) < 4.78 is 0. The maximum absolute atomic E-state index is 5.97. The number of aryl methyl sites for hydroxylation is 1. The van der Waals surface area contributed by atoms with Crippen LogP contribution in [0, 0.1) is 6.92 Å². The van der Waals surface area contributed by atoms with Crippen LogP contribution in [0.5, 0.6) is 0 Å². The SMILES string of the molecule is CCN(c1cc(Cl)nc(C)n1)[C@@H]1CCSC1. The molecule has 1 aromatic rings. The van der Waals surface area contributed by atoms with E-state index in [1.165, 1.54) is 17.9 Å². The third-order valence-electron chi connectivity index (χ3n) is 2.77. The average molecular weight is 258 g/mol. The van der Waals surface area contributed by atoms with Crippen LogP contribution in [0.15, 0.2) is 6.07 Å². The van der Waals surface area contributed by atoms with Crippen LogP contribution in [-0.4, -0.2) is 34.1 Å². The Bertz CT molecular complexity index is 346. The standard InChI is InChI=1S/C11H16ClN3S/c1-3-15(9-4-5-16-7-9)11-6-10(12)13-8(2)14-11/h6,9H,3-5,7H2,1-2H3/t9-/m1/s1. The molecule has 5 heteroatoms. The van der Waals surface area contributed by atoms with Gasteiger partial charge in [-0.15, -0.1) is 0 Å². The molecule has 1 atom stereocenters. The fraction of sp³-hybridized carbons (Fsp3) is 0.636. The lowest BCUT2D eigenvalue weighted by molar-refractivity contribution is 0.650. The Morgan fingerprint density at radius 2 is 2.38 bits per heavy atom. The molecular weight excluding hydrogens is 242 g/mol. The van der Waals surface area contributed by atoms with Crippen LogP contribution >= 0.6 is 23.4 Å². The normalized spacial score (nSPS) is 20.1. The van der Waals surface area contributed by atoms with Crippen LogP contribution in [0.4, 0.5) is 5.82 Å². The molecule has 3 nitrogen and oxygen atoms in total. The molecule has 0 N–H and O–H groups in total. The van der Waals surface area contributed by atoms with Crippen LogP contribution in [0.1, 0.15) is 19.2 Å². The molecule has 0 amide bonds. The number of aromatic nitrogens is 2. The predicted octanol–water partition coefficient (Wildman–Crippen LogP) is 2.77. The van der Waals surface area contributed by atoms with E-state index in [-0.39, 0.29) is 0 Å². The number of anilines is 1. The van der Waals surface area contributed by atoms with Crippen LogP contribution < -0.4 is 4.90 Å². The summed E-state index contributed by atoms with van der Waals surface area (Å²) in [6.45, 7) is 5.01. The highest BCUT2D eigenvalue weighted by molar-refractivity contribution is 7.99. The zero-order chi connectivity index (χ0) is 11.5. The second-order valence-corrected chi connectivity index (χ2v) is 5.44. The second kappa shape index (κ2) is 5.23. The molecule has 0 unspecified atom stereocenters. The van der Waals surface area contributed by atoms with Crippen molar-refractivity contribution in [3.05, 3.63) is 17.0 Å². The first-order valence-corrected chi connectivity index (χ1v) is 7.09. The van der Waals surface area contributed by atoms with Gasteiger partial charge in [0.05, 0.1) is 0 Å². The van der Waals surface area contributed by atoms with Crippen molar-refractivity contribution in [1.82, 2.24) is 9.97 Å². The number of thioether (sulfide) groups is 1. The van der Waals surface area contributed by atoms with E-state index >= 15 is 0 Å². The molecule has 0 saturated carbocycles. The topological polar surface area (TPSA) is 29.0 Å². The summed E-state index contributed by atoms with van der Waals surface area (Å²) in [6, 6.07) is 2.46. The van der Waals surface area contributed by atoms with Gasteiger partial charge in [0.2, 0.25) is 0 Å². The summed E-state index contributed by atoms with van der Waals surface area (Å²) in [4.78, 5) is 10.9. The Morgan fingerprint density at radius 1 is 1.56 bits per heavy atom. The molecule has 0 aliphatic carbocycles. The second-order valence-electron chi connectivity index (χ2n) is 3.90. The zero-order valence-corrected chi connectivity index (χ0v) is 11.2. The number of rotatable bonds is 3. The maximum atomic E-state index is 5.97. The van der Waals surface area contributed by atoms with Gasteiger partial charge in [-0.2, -0.15) is 11.8 Å². The minimum absolute atomic E-state index is 0.534. The summed E-state index contributed by atoms with van der Waals surface area (Å²) in [5, 5.41) is 0.534. The monoisotopic (exact) mass is 257 g/mol. The van der Waals surface area contributed by atoms with Crippen LogP contribution in [0.25, 0.3) is 0 Å².